The number of hydrogen-bond acceptors (Lipinski definition) is 4. The summed E-state index contributed by atoms with van der Waals surface area (Å²) in [5.74, 6) is 1.39. The number of ether oxygens (including phenoxy) is 2. The van der Waals surface area contributed by atoms with E-state index in [0.29, 0.717) is 19.8 Å². The molecule has 1 amide bonds. The number of halogens is 1. The van der Waals surface area contributed by atoms with E-state index in [2.05, 4.69) is 17.0 Å². The summed E-state index contributed by atoms with van der Waals surface area (Å²) in [5.41, 5.74) is 2.09. The largest absolute Gasteiger partial charge is 0.490 e. The summed E-state index contributed by atoms with van der Waals surface area (Å²) >= 11 is 0. The Balaban J connectivity index is 1.44. The van der Waals surface area contributed by atoms with Gasteiger partial charge in [-0.15, -0.1) is 0 Å². The molecule has 1 saturated heterocycles. The van der Waals surface area contributed by atoms with Crippen molar-refractivity contribution >= 4 is 5.91 Å². The second-order valence-corrected chi connectivity index (χ2v) is 8.12. The lowest BCUT2D eigenvalue weighted by Gasteiger charge is -2.30. The molecule has 30 heavy (non-hydrogen) atoms. The third-order valence-electron chi connectivity index (χ3n) is 6.19. The van der Waals surface area contributed by atoms with E-state index >= 15 is 0 Å². The molecule has 0 radical (unpaired) electrons. The Morgan fingerprint density at radius 2 is 1.87 bits per heavy atom. The van der Waals surface area contributed by atoms with E-state index in [4.69, 9.17) is 9.47 Å². The van der Waals surface area contributed by atoms with Crippen LogP contribution in [0.4, 0.5) is 4.39 Å². The van der Waals surface area contributed by atoms with Gasteiger partial charge in [-0.2, -0.15) is 0 Å². The normalized spacial score (nSPS) is 19.9. The predicted molar refractivity (Wildman–Crippen MR) is 113 cm³/mol. The number of nitrogens with zero attached hydrogens (tertiary/aromatic N) is 2. The molecule has 0 N–H and O–H groups in total. The molecule has 6 heteroatoms. The highest BCUT2D eigenvalue weighted by Crippen LogP contribution is 2.38. The lowest BCUT2D eigenvalue weighted by atomic mass is 10.0. The molecule has 2 aliphatic rings. The zero-order chi connectivity index (χ0) is 21.1. The van der Waals surface area contributed by atoms with Gasteiger partial charge in [-0.05, 0) is 61.7 Å². The van der Waals surface area contributed by atoms with Crippen LogP contribution in [0.2, 0.25) is 0 Å². The van der Waals surface area contributed by atoms with Crippen LogP contribution in [0.15, 0.2) is 42.5 Å². The molecule has 0 unspecified atom stereocenters. The van der Waals surface area contributed by atoms with Gasteiger partial charge in [0, 0.05) is 19.5 Å². The molecule has 1 fully saturated rings. The van der Waals surface area contributed by atoms with E-state index in [9.17, 15) is 9.18 Å². The molecule has 2 aromatic carbocycles. The van der Waals surface area contributed by atoms with Crippen molar-refractivity contribution in [2.75, 3.05) is 33.4 Å². The van der Waals surface area contributed by atoms with Gasteiger partial charge >= 0.3 is 0 Å². The third kappa shape index (κ3) is 4.43. The first-order valence-electron chi connectivity index (χ1n) is 10.7. The Morgan fingerprint density at radius 3 is 2.63 bits per heavy atom. The minimum Gasteiger partial charge on any atom is -0.490 e. The van der Waals surface area contributed by atoms with E-state index in [1.54, 1.807) is 17.0 Å². The zero-order valence-corrected chi connectivity index (χ0v) is 17.6. The fraction of sp³-hybridized carbons (Fsp3) is 0.458. The first kappa shape index (κ1) is 20.7. The van der Waals surface area contributed by atoms with Crippen molar-refractivity contribution in [1.82, 2.24) is 9.80 Å². The van der Waals surface area contributed by atoms with Gasteiger partial charge in [0.2, 0.25) is 5.91 Å². The maximum atomic E-state index is 13.2. The van der Waals surface area contributed by atoms with Gasteiger partial charge in [0.1, 0.15) is 5.82 Å². The van der Waals surface area contributed by atoms with Gasteiger partial charge in [-0.25, -0.2) is 4.39 Å². The average molecular weight is 413 g/mol. The smallest absolute Gasteiger partial charge is 0.237 e. The molecular formula is C24H29FN2O3. The predicted octanol–water partition coefficient (Wildman–Crippen LogP) is 4.34. The summed E-state index contributed by atoms with van der Waals surface area (Å²) in [6.45, 7) is 4.56. The van der Waals surface area contributed by atoms with E-state index in [0.717, 1.165) is 42.9 Å². The summed E-state index contributed by atoms with van der Waals surface area (Å²) < 4.78 is 24.8. The molecule has 0 aliphatic carbocycles. The first-order chi connectivity index (χ1) is 14.5. The van der Waals surface area contributed by atoms with Gasteiger partial charge in [0.05, 0.1) is 25.8 Å². The quantitative estimate of drug-likeness (QED) is 0.733. The van der Waals surface area contributed by atoms with E-state index in [1.807, 2.05) is 20.0 Å². The number of likely N-dealkylation sites (N-methyl/N-ethyl adjacent to an activating group) is 1. The molecule has 2 aromatic rings. The topological polar surface area (TPSA) is 42.0 Å². The van der Waals surface area contributed by atoms with Crippen molar-refractivity contribution in [1.29, 1.82) is 0 Å². The van der Waals surface area contributed by atoms with Gasteiger partial charge < -0.3 is 14.4 Å². The molecule has 2 aliphatic heterocycles. The number of likely N-dealkylation sites (tertiary alicyclic amines) is 1. The van der Waals surface area contributed by atoms with Crippen molar-refractivity contribution in [3.05, 3.63) is 59.4 Å². The van der Waals surface area contributed by atoms with Crippen molar-refractivity contribution in [2.24, 2.45) is 0 Å². The zero-order valence-electron chi connectivity index (χ0n) is 17.6. The number of rotatable bonds is 5. The Labute approximate surface area is 177 Å². The summed E-state index contributed by atoms with van der Waals surface area (Å²) in [5, 5.41) is 0. The fourth-order valence-corrected chi connectivity index (χ4v) is 4.25. The SMILES string of the molecule is C[C@H](c1ccc(F)cc1)N(C)C(=O)CN1CCC[C@@H]1c1ccc2c(c1)OCCCO2. The van der Waals surface area contributed by atoms with Crippen LogP contribution in [-0.4, -0.2) is 49.1 Å². The maximum absolute atomic E-state index is 13.2. The highest BCUT2D eigenvalue weighted by molar-refractivity contribution is 5.78. The Kier molecular flexibility index (Phi) is 6.23. The lowest BCUT2D eigenvalue weighted by molar-refractivity contribution is -0.133. The van der Waals surface area contributed by atoms with Crippen molar-refractivity contribution in [3.63, 3.8) is 0 Å². The summed E-state index contributed by atoms with van der Waals surface area (Å²) in [6, 6.07) is 12.6. The van der Waals surface area contributed by atoms with Crippen LogP contribution in [0, 0.1) is 5.82 Å². The molecule has 160 valence electrons. The van der Waals surface area contributed by atoms with E-state index < -0.39 is 0 Å². The van der Waals surface area contributed by atoms with Crippen molar-refractivity contribution < 1.29 is 18.7 Å². The second kappa shape index (κ2) is 9.04. The fourth-order valence-electron chi connectivity index (χ4n) is 4.25. The van der Waals surface area contributed by atoms with Gasteiger partial charge in [-0.1, -0.05) is 18.2 Å². The van der Waals surface area contributed by atoms with Crippen LogP contribution in [-0.2, 0) is 4.79 Å². The summed E-state index contributed by atoms with van der Waals surface area (Å²) in [6.07, 6.45) is 2.96. The average Bonchev–Trinajstić information content (AvgIpc) is 3.08. The third-order valence-corrected chi connectivity index (χ3v) is 6.19. The number of fused-ring (bicyclic) bond motifs is 1. The molecule has 0 saturated carbocycles. The molecule has 0 bridgehead atoms. The Hall–Kier alpha value is -2.60. The summed E-state index contributed by atoms with van der Waals surface area (Å²) in [4.78, 5) is 17.0. The monoisotopic (exact) mass is 412 g/mol. The van der Waals surface area contributed by atoms with Gasteiger partial charge in [0.15, 0.2) is 11.5 Å². The molecule has 4 rings (SSSR count). The number of benzene rings is 2. The Morgan fingerprint density at radius 1 is 1.13 bits per heavy atom. The number of carbonyl (C=O) groups excluding carboxylic acids is 1. The first-order valence-corrected chi connectivity index (χ1v) is 10.7. The molecule has 5 nitrogen and oxygen atoms in total. The molecule has 2 atom stereocenters. The standard InChI is InChI=1S/C24H29FN2O3/c1-17(18-6-9-20(25)10-7-18)26(2)24(28)16-27-12-3-5-21(27)19-8-11-22-23(15-19)30-14-4-13-29-22/h6-11,15,17,21H,3-5,12-14,16H2,1-2H3/t17-,21-/m1/s1. The van der Waals surface area contributed by atoms with Crippen LogP contribution >= 0.6 is 0 Å². The van der Waals surface area contributed by atoms with Crippen LogP contribution in [0.5, 0.6) is 11.5 Å². The van der Waals surface area contributed by atoms with Crippen LogP contribution in [0.25, 0.3) is 0 Å². The van der Waals surface area contributed by atoms with E-state index in [1.165, 1.54) is 17.7 Å². The minimum absolute atomic E-state index is 0.0630. The van der Waals surface area contributed by atoms with Crippen LogP contribution in [0.3, 0.4) is 0 Å². The van der Waals surface area contributed by atoms with E-state index in [-0.39, 0.29) is 23.8 Å². The second-order valence-electron chi connectivity index (χ2n) is 8.12. The highest BCUT2D eigenvalue weighted by atomic mass is 19.1. The van der Waals surface area contributed by atoms with Crippen molar-refractivity contribution in [3.8, 4) is 11.5 Å². The van der Waals surface area contributed by atoms with Crippen LogP contribution < -0.4 is 9.47 Å². The van der Waals surface area contributed by atoms with Gasteiger partial charge in [-0.3, -0.25) is 9.69 Å². The lowest BCUT2D eigenvalue weighted by Crippen LogP contribution is -2.39. The summed E-state index contributed by atoms with van der Waals surface area (Å²) in [7, 11) is 1.81. The van der Waals surface area contributed by atoms with Crippen molar-refractivity contribution in [2.45, 2.75) is 38.3 Å². The highest BCUT2D eigenvalue weighted by Gasteiger charge is 2.30. The number of amides is 1. The number of carbonyl (C=O) groups is 1. The molecule has 0 spiro atoms. The maximum Gasteiger partial charge on any atom is 0.237 e. The minimum atomic E-state index is -0.269. The van der Waals surface area contributed by atoms with Gasteiger partial charge in [0.25, 0.3) is 0 Å². The number of hydrogen-bond donors (Lipinski definition) is 0. The Bertz CT molecular complexity index is 887. The molecule has 2 heterocycles. The molecule has 0 aromatic heterocycles. The molecular weight excluding hydrogens is 383 g/mol. The van der Waals surface area contributed by atoms with Crippen LogP contribution in [0.1, 0.15) is 49.4 Å².